The number of hydrogen-bond donors (Lipinski definition) is 1. The second-order valence-electron chi connectivity index (χ2n) is 6.46. The van der Waals surface area contributed by atoms with Crippen molar-refractivity contribution in [3.63, 3.8) is 0 Å². The number of rotatable bonds is 7. The van der Waals surface area contributed by atoms with Crippen LogP contribution in [0.4, 0.5) is 5.69 Å². The van der Waals surface area contributed by atoms with Crippen LogP contribution in [0.3, 0.4) is 0 Å². The van der Waals surface area contributed by atoms with Gasteiger partial charge in [-0.3, -0.25) is 4.79 Å². The average Bonchev–Trinajstić information content (AvgIpc) is 3.41. The lowest BCUT2D eigenvalue weighted by atomic mass is 10.1. The summed E-state index contributed by atoms with van der Waals surface area (Å²) in [6, 6.07) is 14.8. The second kappa shape index (κ2) is 8.70. The van der Waals surface area contributed by atoms with Gasteiger partial charge in [0.05, 0.1) is 23.6 Å². The van der Waals surface area contributed by atoms with E-state index in [1.165, 1.54) is 0 Å². The summed E-state index contributed by atoms with van der Waals surface area (Å²) >= 11 is 1.61. The number of nitrogens with one attached hydrogen (secondary N) is 1. The number of aryl methyl sites for hydroxylation is 1. The molecule has 146 valence electrons. The molecule has 0 bridgehead atoms. The zero-order chi connectivity index (χ0) is 20.1. The highest BCUT2D eigenvalue weighted by molar-refractivity contribution is 7.09. The Kier molecular flexibility index (Phi) is 5.67. The van der Waals surface area contributed by atoms with Gasteiger partial charge in [0.1, 0.15) is 12.4 Å². The van der Waals surface area contributed by atoms with Crippen LogP contribution in [0.1, 0.15) is 15.4 Å². The number of aromatic nitrogens is 3. The molecular formula is C22H20N4O2S. The first-order valence-corrected chi connectivity index (χ1v) is 10.1. The highest BCUT2D eigenvalue weighted by Crippen LogP contribution is 2.22. The fourth-order valence-electron chi connectivity index (χ4n) is 2.81. The molecule has 2 aromatic heterocycles. The number of imidazole rings is 1. The van der Waals surface area contributed by atoms with E-state index in [-0.39, 0.29) is 5.91 Å². The van der Waals surface area contributed by atoms with Gasteiger partial charge in [-0.15, -0.1) is 11.3 Å². The van der Waals surface area contributed by atoms with Gasteiger partial charge >= 0.3 is 0 Å². The van der Waals surface area contributed by atoms with Crippen LogP contribution in [0.15, 0.2) is 72.6 Å². The Morgan fingerprint density at radius 2 is 1.93 bits per heavy atom. The Morgan fingerprint density at radius 3 is 2.59 bits per heavy atom. The Bertz CT molecular complexity index is 1070. The first-order chi connectivity index (χ1) is 14.2. The van der Waals surface area contributed by atoms with Crippen molar-refractivity contribution in [2.24, 2.45) is 0 Å². The molecular weight excluding hydrogens is 384 g/mol. The van der Waals surface area contributed by atoms with Gasteiger partial charge in [-0.1, -0.05) is 12.1 Å². The lowest BCUT2D eigenvalue weighted by molar-refractivity contribution is 0.102. The summed E-state index contributed by atoms with van der Waals surface area (Å²) in [5.74, 6) is 0.603. The van der Waals surface area contributed by atoms with E-state index in [0.29, 0.717) is 12.2 Å². The molecule has 6 nitrogen and oxygen atoms in total. The van der Waals surface area contributed by atoms with Crippen LogP contribution in [0.25, 0.3) is 11.3 Å². The van der Waals surface area contributed by atoms with Crippen molar-refractivity contribution in [3.05, 3.63) is 83.2 Å². The van der Waals surface area contributed by atoms with Crippen molar-refractivity contribution in [1.82, 2.24) is 14.5 Å². The van der Waals surface area contributed by atoms with Gasteiger partial charge in [0, 0.05) is 34.6 Å². The minimum Gasteiger partial charge on any atom is -0.492 e. The Labute approximate surface area is 172 Å². The van der Waals surface area contributed by atoms with Gasteiger partial charge in [-0.05, 0) is 43.3 Å². The van der Waals surface area contributed by atoms with Crippen molar-refractivity contribution in [1.29, 1.82) is 0 Å². The number of carbonyl (C=O) groups excluding carboxylic acids is 1. The maximum atomic E-state index is 12.5. The van der Waals surface area contributed by atoms with Gasteiger partial charge in [-0.25, -0.2) is 9.97 Å². The van der Waals surface area contributed by atoms with Crippen molar-refractivity contribution in [2.75, 3.05) is 11.9 Å². The Balaban J connectivity index is 1.32. The monoisotopic (exact) mass is 404 g/mol. The highest BCUT2D eigenvalue weighted by atomic mass is 32.1. The van der Waals surface area contributed by atoms with Gasteiger partial charge < -0.3 is 14.6 Å². The molecule has 0 radical (unpaired) electrons. The minimum absolute atomic E-state index is 0.153. The molecule has 0 aliphatic carbocycles. The van der Waals surface area contributed by atoms with Crippen molar-refractivity contribution in [2.45, 2.75) is 13.5 Å². The largest absolute Gasteiger partial charge is 0.492 e. The van der Waals surface area contributed by atoms with E-state index in [2.05, 4.69) is 15.3 Å². The molecule has 2 heterocycles. The van der Waals surface area contributed by atoms with Crippen molar-refractivity contribution in [3.8, 4) is 17.0 Å². The first-order valence-electron chi connectivity index (χ1n) is 9.20. The van der Waals surface area contributed by atoms with Gasteiger partial charge in [0.15, 0.2) is 0 Å². The van der Waals surface area contributed by atoms with E-state index in [1.807, 2.05) is 71.6 Å². The number of benzene rings is 2. The van der Waals surface area contributed by atoms with Crippen LogP contribution in [-0.4, -0.2) is 27.0 Å². The fourth-order valence-corrected chi connectivity index (χ4v) is 3.44. The number of thiazole rings is 1. The van der Waals surface area contributed by atoms with E-state index in [9.17, 15) is 4.79 Å². The minimum atomic E-state index is -0.153. The van der Waals surface area contributed by atoms with E-state index in [4.69, 9.17) is 4.74 Å². The SMILES string of the molecule is Cc1nc(-c2ccc(C(=O)Nc3ccc(OCCn4ccnc4)cc3)cc2)cs1. The molecule has 0 unspecified atom stereocenters. The third-order valence-corrected chi connectivity index (χ3v) is 5.12. The van der Waals surface area contributed by atoms with Crippen LogP contribution in [0.5, 0.6) is 5.75 Å². The molecule has 0 aliphatic rings. The van der Waals surface area contributed by atoms with Gasteiger partial charge in [0.25, 0.3) is 5.91 Å². The van der Waals surface area contributed by atoms with E-state index in [1.54, 1.807) is 23.9 Å². The Morgan fingerprint density at radius 1 is 1.14 bits per heavy atom. The quantitative estimate of drug-likeness (QED) is 0.487. The van der Waals surface area contributed by atoms with Gasteiger partial charge in [0.2, 0.25) is 0 Å². The molecule has 1 N–H and O–H groups in total. The zero-order valence-corrected chi connectivity index (χ0v) is 16.7. The molecule has 0 spiro atoms. The molecule has 0 aliphatic heterocycles. The fraction of sp³-hybridized carbons (Fsp3) is 0.136. The summed E-state index contributed by atoms with van der Waals surface area (Å²) in [7, 11) is 0. The van der Waals surface area contributed by atoms with Crippen LogP contribution in [-0.2, 0) is 6.54 Å². The number of hydrogen-bond acceptors (Lipinski definition) is 5. The normalized spacial score (nSPS) is 10.7. The van der Waals surface area contributed by atoms with E-state index in [0.717, 1.165) is 34.2 Å². The first kappa shape index (κ1) is 18.9. The average molecular weight is 404 g/mol. The Hall–Kier alpha value is -3.45. The number of anilines is 1. The highest BCUT2D eigenvalue weighted by Gasteiger charge is 2.08. The molecule has 0 saturated heterocycles. The third-order valence-electron chi connectivity index (χ3n) is 4.35. The summed E-state index contributed by atoms with van der Waals surface area (Å²) in [6.07, 6.45) is 5.39. The summed E-state index contributed by atoms with van der Waals surface area (Å²) in [6.45, 7) is 3.26. The van der Waals surface area contributed by atoms with Crippen LogP contribution in [0.2, 0.25) is 0 Å². The molecule has 0 fully saturated rings. The van der Waals surface area contributed by atoms with Gasteiger partial charge in [-0.2, -0.15) is 0 Å². The maximum Gasteiger partial charge on any atom is 0.255 e. The number of carbonyl (C=O) groups is 1. The predicted octanol–water partition coefficient (Wildman–Crippen LogP) is 4.65. The number of nitrogens with zero attached hydrogens (tertiary/aromatic N) is 3. The molecule has 1 amide bonds. The molecule has 7 heteroatoms. The summed E-state index contributed by atoms with van der Waals surface area (Å²) in [5.41, 5.74) is 3.25. The lowest BCUT2D eigenvalue weighted by Crippen LogP contribution is -2.11. The third kappa shape index (κ3) is 4.89. The van der Waals surface area contributed by atoms with E-state index < -0.39 is 0 Å². The smallest absolute Gasteiger partial charge is 0.255 e. The topological polar surface area (TPSA) is 69.0 Å². The second-order valence-corrected chi connectivity index (χ2v) is 7.52. The van der Waals surface area contributed by atoms with Crippen LogP contribution >= 0.6 is 11.3 Å². The molecule has 29 heavy (non-hydrogen) atoms. The van der Waals surface area contributed by atoms with Crippen molar-refractivity contribution < 1.29 is 9.53 Å². The lowest BCUT2D eigenvalue weighted by Gasteiger charge is -2.09. The van der Waals surface area contributed by atoms with Crippen LogP contribution < -0.4 is 10.1 Å². The summed E-state index contributed by atoms with van der Waals surface area (Å²) in [5, 5.41) is 5.95. The molecule has 0 saturated carbocycles. The molecule has 4 aromatic rings. The zero-order valence-electron chi connectivity index (χ0n) is 15.9. The molecule has 4 rings (SSSR count). The van der Waals surface area contributed by atoms with E-state index >= 15 is 0 Å². The number of amides is 1. The predicted molar refractivity (Wildman–Crippen MR) is 114 cm³/mol. The van der Waals surface area contributed by atoms with Crippen molar-refractivity contribution >= 4 is 22.9 Å². The summed E-state index contributed by atoms with van der Waals surface area (Å²) < 4.78 is 7.67. The standard InChI is InChI=1S/C22H20N4O2S/c1-16-24-21(14-29-16)17-2-4-18(5-3-17)22(27)25-19-6-8-20(9-7-19)28-13-12-26-11-10-23-15-26/h2-11,14-15H,12-13H2,1H3,(H,25,27). The molecule has 2 aromatic carbocycles. The maximum absolute atomic E-state index is 12.5. The van der Waals surface area contributed by atoms with Crippen LogP contribution in [0, 0.1) is 6.92 Å². The number of ether oxygens (including phenoxy) is 1. The summed E-state index contributed by atoms with van der Waals surface area (Å²) in [4.78, 5) is 21.0. The molecule has 0 atom stereocenters.